The molecule has 0 amide bonds. The molecule has 108 valence electrons. The summed E-state index contributed by atoms with van der Waals surface area (Å²) >= 11 is 0. The molecule has 1 N–H and O–H groups in total. The van der Waals surface area contributed by atoms with Crippen molar-refractivity contribution < 1.29 is 8.42 Å². The smallest absolute Gasteiger partial charge is 0.156 e. The highest BCUT2D eigenvalue weighted by Gasteiger charge is 2.28. The second-order valence-electron chi connectivity index (χ2n) is 6.38. The fraction of sp³-hybridized carbons (Fsp3) is 1.00. The molecule has 18 heavy (non-hydrogen) atoms. The van der Waals surface area contributed by atoms with Crippen molar-refractivity contribution in [2.75, 3.05) is 39.0 Å². The second kappa shape index (κ2) is 6.35. The van der Waals surface area contributed by atoms with E-state index in [9.17, 15) is 8.42 Å². The van der Waals surface area contributed by atoms with Crippen LogP contribution in [0.1, 0.15) is 33.6 Å². The van der Waals surface area contributed by atoms with Crippen molar-refractivity contribution in [3.05, 3.63) is 0 Å². The van der Waals surface area contributed by atoms with Gasteiger partial charge in [-0.1, -0.05) is 0 Å². The molecule has 0 aromatic heterocycles. The SMILES string of the molecule is CN1CCC(CNCCS(=O)(=O)C(C)(C)C)CC1. The summed E-state index contributed by atoms with van der Waals surface area (Å²) in [4.78, 5) is 2.35. The zero-order chi connectivity index (χ0) is 13.8. The van der Waals surface area contributed by atoms with E-state index in [1.165, 1.54) is 12.8 Å². The molecule has 4 nitrogen and oxygen atoms in total. The Bertz CT molecular complexity index is 338. The van der Waals surface area contributed by atoms with Crippen LogP contribution in [0.2, 0.25) is 0 Å². The van der Waals surface area contributed by atoms with E-state index in [0.717, 1.165) is 19.6 Å². The third kappa shape index (κ3) is 4.86. The lowest BCUT2D eigenvalue weighted by Crippen LogP contribution is -2.38. The van der Waals surface area contributed by atoms with Crippen LogP contribution in [-0.2, 0) is 9.84 Å². The molecular formula is C13H28N2O2S. The van der Waals surface area contributed by atoms with Gasteiger partial charge in [0.15, 0.2) is 9.84 Å². The van der Waals surface area contributed by atoms with Crippen molar-refractivity contribution in [2.45, 2.75) is 38.4 Å². The fourth-order valence-electron chi connectivity index (χ4n) is 2.09. The second-order valence-corrected chi connectivity index (χ2v) is 9.24. The predicted molar refractivity (Wildman–Crippen MR) is 76.6 cm³/mol. The van der Waals surface area contributed by atoms with Gasteiger partial charge in [0.25, 0.3) is 0 Å². The van der Waals surface area contributed by atoms with Gasteiger partial charge in [-0.2, -0.15) is 0 Å². The predicted octanol–water partition coefficient (Wildman–Crippen LogP) is 1.13. The standard InChI is InChI=1S/C13H28N2O2S/c1-13(2,3)18(16,17)10-7-14-11-12-5-8-15(4)9-6-12/h12,14H,5-11H2,1-4H3. The summed E-state index contributed by atoms with van der Waals surface area (Å²) in [6.45, 7) is 9.14. The van der Waals surface area contributed by atoms with Gasteiger partial charge >= 0.3 is 0 Å². The lowest BCUT2D eigenvalue weighted by Gasteiger charge is -2.29. The molecule has 0 bridgehead atoms. The van der Waals surface area contributed by atoms with Gasteiger partial charge in [-0.05, 0) is 66.2 Å². The van der Waals surface area contributed by atoms with Gasteiger partial charge in [-0.15, -0.1) is 0 Å². The first-order valence-corrected chi connectivity index (χ1v) is 8.49. The highest BCUT2D eigenvalue weighted by atomic mass is 32.2. The summed E-state index contributed by atoms with van der Waals surface area (Å²) in [5.74, 6) is 0.946. The summed E-state index contributed by atoms with van der Waals surface area (Å²) < 4.78 is 23.2. The van der Waals surface area contributed by atoms with Crippen LogP contribution in [-0.4, -0.2) is 57.0 Å². The Labute approximate surface area is 112 Å². The molecule has 1 saturated heterocycles. The zero-order valence-electron chi connectivity index (χ0n) is 12.2. The number of hydrogen-bond acceptors (Lipinski definition) is 4. The van der Waals surface area contributed by atoms with Crippen molar-refractivity contribution in [3.63, 3.8) is 0 Å². The molecule has 1 aliphatic heterocycles. The van der Waals surface area contributed by atoms with Crippen molar-refractivity contribution in [1.29, 1.82) is 0 Å². The van der Waals surface area contributed by atoms with Crippen LogP contribution < -0.4 is 5.32 Å². The summed E-state index contributed by atoms with van der Waals surface area (Å²) in [5, 5.41) is 3.30. The number of nitrogens with one attached hydrogen (secondary N) is 1. The average molecular weight is 276 g/mol. The first-order chi connectivity index (χ1) is 8.22. The van der Waals surface area contributed by atoms with Gasteiger partial charge in [0, 0.05) is 6.54 Å². The molecule has 0 saturated carbocycles. The largest absolute Gasteiger partial charge is 0.315 e. The van der Waals surface area contributed by atoms with Crippen LogP contribution in [0.3, 0.4) is 0 Å². The number of nitrogens with zero attached hydrogens (tertiary/aromatic N) is 1. The van der Waals surface area contributed by atoms with Crippen molar-refractivity contribution >= 4 is 9.84 Å². The highest BCUT2D eigenvalue weighted by molar-refractivity contribution is 7.92. The van der Waals surface area contributed by atoms with Gasteiger partial charge in [-0.25, -0.2) is 8.42 Å². The van der Waals surface area contributed by atoms with Crippen LogP contribution in [0.15, 0.2) is 0 Å². The molecule has 1 rings (SSSR count). The van der Waals surface area contributed by atoms with Crippen LogP contribution in [0.25, 0.3) is 0 Å². The van der Waals surface area contributed by atoms with E-state index in [1.807, 2.05) is 0 Å². The van der Waals surface area contributed by atoms with E-state index < -0.39 is 14.6 Å². The fourth-order valence-corrected chi connectivity index (χ4v) is 3.11. The third-order valence-electron chi connectivity index (χ3n) is 3.75. The molecule has 0 atom stereocenters. The number of hydrogen-bond donors (Lipinski definition) is 1. The summed E-state index contributed by atoms with van der Waals surface area (Å²) in [7, 11) is -0.828. The lowest BCUT2D eigenvalue weighted by molar-refractivity contribution is 0.217. The number of sulfone groups is 1. The molecule has 0 aromatic rings. The Balaban J connectivity index is 2.20. The van der Waals surface area contributed by atoms with Crippen LogP contribution >= 0.6 is 0 Å². The minimum atomic E-state index is -2.98. The Morgan fingerprint density at radius 3 is 2.28 bits per heavy atom. The maximum Gasteiger partial charge on any atom is 0.156 e. The monoisotopic (exact) mass is 276 g/mol. The first kappa shape index (κ1) is 15.9. The molecule has 1 fully saturated rings. The van der Waals surface area contributed by atoms with Gasteiger partial charge in [0.1, 0.15) is 0 Å². The molecule has 0 radical (unpaired) electrons. The molecule has 1 heterocycles. The Morgan fingerprint density at radius 1 is 1.22 bits per heavy atom. The first-order valence-electron chi connectivity index (χ1n) is 6.84. The van der Waals surface area contributed by atoms with E-state index in [4.69, 9.17) is 0 Å². The van der Waals surface area contributed by atoms with E-state index in [2.05, 4.69) is 17.3 Å². The molecule has 5 heteroatoms. The van der Waals surface area contributed by atoms with Gasteiger partial charge in [-0.3, -0.25) is 0 Å². The molecular weight excluding hydrogens is 248 g/mol. The van der Waals surface area contributed by atoms with Crippen LogP contribution in [0.4, 0.5) is 0 Å². The van der Waals surface area contributed by atoms with Gasteiger partial charge in [0.2, 0.25) is 0 Å². The van der Waals surface area contributed by atoms with Crippen molar-refractivity contribution in [2.24, 2.45) is 5.92 Å². The van der Waals surface area contributed by atoms with Crippen molar-refractivity contribution in [3.8, 4) is 0 Å². The van der Waals surface area contributed by atoms with E-state index in [-0.39, 0.29) is 5.75 Å². The normalized spacial score (nSPS) is 20.2. The number of likely N-dealkylation sites (tertiary alicyclic amines) is 1. The van der Waals surface area contributed by atoms with E-state index in [0.29, 0.717) is 12.5 Å². The lowest BCUT2D eigenvalue weighted by atomic mass is 9.97. The number of piperidine rings is 1. The van der Waals surface area contributed by atoms with E-state index in [1.54, 1.807) is 20.8 Å². The minimum Gasteiger partial charge on any atom is -0.315 e. The molecule has 0 aromatic carbocycles. The Morgan fingerprint density at radius 2 is 1.78 bits per heavy atom. The quantitative estimate of drug-likeness (QED) is 0.765. The molecule has 0 spiro atoms. The van der Waals surface area contributed by atoms with Crippen LogP contribution in [0, 0.1) is 5.92 Å². The Kier molecular flexibility index (Phi) is 5.62. The van der Waals surface area contributed by atoms with E-state index >= 15 is 0 Å². The maximum absolute atomic E-state index is 11.9. The topological polar surface area (TPSA) is 49.4 Å². The average Bonchev–Trinajstić information content (AvgIpc) is 2.25. The maximum atomic E-state index is 11.9. The van der Waals surface area contributed by atoms with Crippen LogP contribution in [0.5, 0.6) is 0 Å². The minimum absolute atomic E-state index is 0.239. The molecule has 0 unspecified atom stereocenters. The molecule has 0 aliphatic carbocycles. The van der Waals surface area contributed by atoms with Crippen molar-refractivity contribution in [1.82, 2.24) is 10.2 Å². The zero-order valence-corrected chi connectivity index (χ0v) is 13.0. The summed E-state index contributed by atoms with van der Waals surface area (Å²) in [5.41, 5.74) is 0. The summed E-state index contributed by atoms with van der Waals surface area (Å²) in [6.07, 6.45) is 2.44. The Hall–Kier alpha value is -0.130. The highest BCUT2D eigenvalue weighted by Crippen LogP contribution is 2.16. The summed E-state index contributed by atoms with van der Waals surface area (Å²) in [6, 6.07) is 0. The van der Waals surface area contributed by atoms with Gasteiger partial charge < -0.3 is 10.2 Å². The molecule has 1 aliphatic rings. The van der Waals surface area contributed by atoms with Gasteiger partial charge in [0.05, 0.1) is 10.5 Å². The third-order valence-corrected chi connectivity index (χ3v) is 6.36. The number of rotatable bonds is 5.